The highest BCUT2D eigenvalue weighted by Crippen LogP contribution is 2.29. The lowest BCUT2D eigenvalue weighted by molar-refractivity contribution is 0.102. The summed E-state index contributed by atoms with van der Waals surface area (Å²) in [5.74, 6) is 0.780. The van der Waals surface area contributed by atoms with Crippen LogP contribution in [-0.4, -0.2) is 34.1 Å². The van der Waals surface area contributed by atoms with E-state index in [9.17, 15) is 4.79 Å². The van der Waals surface area contributed by atoms with E-state index in [0.717, 1.165) is 4.88 Å². The van der Waals surface area contributed by atoms with Gasteiger partial charge in [0.2, 0.25) is 0 Å². The van der Waals surface area contributed by atoms with E-state index in [1.807, 2.05) is 13.8 Å². The number of carbonyl (C=O) groups is 1. The molecule has 2 heterocycles. The average Bonchev–Trinajstić information content (AvgIpc) is 3.10. The first-order chi connectivity index (χ1) is 12.6. The molecular formula is C18H18N4O3S. The van der Waals surface area contributed by atoms with Crippen molar-refractivity contribution < 1.29 is 14.3 Å². The molecule has 0 atom stereocenters. The van der Waals surface area contributed by atoms with Crippen LogP contribution in [0, 0.1) is 0 Å². The van der Waals surface area contributed by atoms with Gasteiger partial charge in [-0.1, -0.05) is 11.3 Å². The van der Waals surface area contributed by atoms with E-state index in [0.29, 0.717) is 27.9 Å². The third-order valence-corrected chi connectivity index (χ3v) is 4.27. The molecule has 0 spiro atoms. The predicted molar refractivity (Wildman–Crippen MR) is 99.9 cm³/mol. The number of thiazole rings is 1. The summed E-state index contributed by atoms with van der Waals surface area (Å²) in [7, 11) is 1.57. The van der Waals surface area contributed by atoms with Gasteiger partial charge in [0.1, 0.15) is 17.2 Å². The Labute approximate surface area is 155 Å². The Kier molecular flexibility index (Phi) is 5.43. The van der Waals surface area contributed by atoms with Crippen LogP contribution in [0.15, 0.2) is 43.0 Å². The molecule has 0 aliphatic rings. The van der Waals surface area contributed by atoms with E-state index in [1.54, 1.807) is 50.1 Å². The quantitative estimate of drug-likeness (QED) is 0.713. The Morgan fingerprint density at radius 3 is 2.73 bits per heavy atom. The van der Waals surface area contributed by atoms with Gasteiger partial charge in [-0.15, -0.1) is 0 Å². The highest BCUT2D eigenvalue weighted by molar-refractivity contribution is 7.19. The standard InChI is InChI=1S/C18H18N4O3S/c1-11(2)25-15-8-12(24-3)4-5-13(15)17(23)22-18-21-10-16(26-18)14-9-19-6-7-20-14/h4-11H,1-3H3,(H,21,22,23). The fourth-order valence-corrected chi connectivity index (χ4v) is 2.98. The fourth-order valence-electron chi connectivity index (χ4n) is 2.21. The highest BCUT2D eigenvalue weighted by Gasteiger charge is 2.17. The first kappa shape index (κ1) is 17.8. The van der Waals surface area contributed by atoms with Gasteiger partial charge >= 0.3 is 0 Å². The molecule has 0 radical (unpaired) electrons. The van der Waals surface area contributed by atoms with Crippen molar-refractivity contribution in [2.24, 2.45) is 0 Å². The molecule has 26 heavy (non-hydrogen) atoms. The Bertz CT molecular complexity index is 896. The lowest BCUT2D eigenvalue weighted by atomic mass is 10.1. The molecule has 1 aromatic carbocycles. The fraction of sp³-hybridized carbons (Fsp3) is 0.222. The van der Waals surface area contributed by atoms with E-state index in [2.05, 4.69) is 20.3 Å². The molecular weight excluding hydrogens is 352 g/mol. The number of aromatic nitrogens is 3. The SMILES string of the molecule is COc1ccc(C(=O)Nc2ncc(-c3cnccn3)s2)c(OC(C)C)c1. The summed E-state index contributed by atoms with van der Waals surface area (Å²) >= 11 is 1.33. The average molecular weight is 370 g/mol. The predicted octanol–water partition coefficient (Wildman–Crippen LogP) is 3.65. The minimum absolute atomic E-state index is 0.0724. The number of nitrogens with zero attached hydrogens (tertiary/aromatic N) is 3. The second-order valence-electron chi connectivity index (χ2n) is 5.60. The molecule has 8 heteroatoms. The van der Waals surface area contributed by atoms with E-state index in [1.165, 1.54) is 11.3 Å². The molecule has 0 fully saturated rings. The minimum Gasteiger partial charge on any atom is -0.497 e. The van der Waals surface area contributed by atoms with Crippen LogP contribution in [0.2, 0.25) is 0 Å². The minimum atomic E-state index is -0.302. The number of hydrogen-bond acceptors (Lipinski definition) is 7. The topological polar surface area (TPSA) is 86.2 Å². The number of hydrogen-bond donors (Lipinski definition) is 1. The van der Waals surface area contributed by atoms with Gasteiger partial charge in [0, 0.05) is 24.7 Å². The Balaban J connectivity index is 1.81. The van der Waals surface area contributed by atoms with Crippen molar-refractivity contribution in [3.63, 3.8) is 0 Å². The number of carbonyl (C=O) groups excluding carboxylic acids is 1. The Morgan fingerprint density at radius 1 is 1.19 bits per heavy atom. The zero-order valence-corrected chi connectivity index (χ0v) is 15.4. The highest BCUT2D eigenvalue weighted by atomic mass is 32.1. The molecule has 3 rings (SSSR count). The van der Waals surface area contributed by atoms with Gasteiger partial charge in [-0.25, -0.2) is 4.98 Å². The summed E-state index contributed by atoms with van der Waals surface area (Å²) in [6.45, 7) is 3.80. The van der Waals surface area contributed by atoms with Gasteiger partial charge in [-0.2, -0.15) is 0 Å². The normalized spacial score (nSPS) is 10.6. The van der Waals surface area contributed by atoms with Crippen molar-refractivity contribution in [1.29, 1.82) is 0 Å². The summed E-state index contributed by atoms with van der Waals surface area (Å²) in [5, 5.41) is 3.27. The number of nitrogens with one attached hydrogen (secondary N) is 1. The molecule has 0 saturated heterocycles. The van der Waals surface area contributed by atoms with E-state index < -0.39 is 0 Å². The number of amides is 1. The molecule has 0 aliphatic heterocycles. The van der Waals surface area contributed by atoms with Crippen molar-refractivity contribution in [3.8, 4) is 22.1 Å². The van der Waals surface area contributed by atoms with Crippen LogP contribution in [-0.2, 0) is 0 Å². The van der Waals surface area contributed by atoms with Crippen molar-refractivity contribution in [3.05, 3.63) is 48.5 Å². The van der Waals surface area contributed by atoms with Crippen molar-refractivity contribution in [2.45, 2.75) is 20.0 Å². The monoisotopic (exact) mass is 370 g/mol. The van der Waals surface area contributed by atoms with E-state index >= 15 is 0 Å². The first-order valence-corrected chi connectivity index (χ1v) is 8.76. The maximum atomic E-state index is 12.7. The van der Waals surface area contributed by atoms with E-state index in [-0.39, 0.29) is 12.0 Å². The largest absolute Gasteiger partial charge is 0.497 e. The van der Waals surface area contributed by atoms with E-state index in [4.69, 9.17) is 9.47 Å². The van der Waals surface area contributed by atoms with Gasteiger partial charge in [-0.3, -0.25) is 20.1 Å². The van der Waals surface area contributed by atoms with Gasteiger partial charge in [0.05, 0.1) is 29.9 Å². The molecule has 1 N–H and O–H groups in total. The van der Waals surface area contributed by atoms with Crippen molar-refractivity contribution in [2.75, 3.05) is 12.4 Å². The molecule has 0 saturated carbocycles. The molecule has 7 nitrogen and oxygen atoms in total. The Morgan fingerprint density at radius 2 is 2.04 bits per heavy atom. The summed E-state index contributed by atoms with van der Waals surface area (Å²) in [6, 6.07) is 5.08. The molecule has 134 valence electrons. The van der Waals surface area contributed by atoms with Gasteiger partial charge < -0.3 is 9.47 Å². The molecule has 2 aromatic heterocycles. The van der Waals surface area contributed by atoms with Gasteiger partial charge in [0.15, 0.2) is 5.13 Å². The maximum Gasteiger partial charge on any atom is 0.261 e. The van der Waals surface area contributed by atoms with Crippen LogP contribution in [0.5, 0.6) is 11.5 Å². The van der Waals surface area contributed by atoms with Crippen LogP contribution in [0.1, 0.15) is 24.2 Å². The van der Waals surface area contributed by atoms with Crippen LogP contribution < -0.4 is 14.8 Å². The van der Waals surface area contributed by atoms with Crippen LogP contribution in [0.4, 0.5) is 5.13 Å². The number of rotatable bonds is 6. The molecule has 0 bridgehead atoms. The Hall–Kier alpha value is -3.00. The van der Waals surface area contributed by atoms with Gasteiger partial charge in [-0.05, 0) is 26.0 Å². The number of anilines is 1. The summed E-state index contributed by atoms with van der Waals surface area (Å²) < 4.78 is 11.0. The third kappa shape index (κ3) is 4.15. The van der Waals surface area contributed by atoms with Crippen molar-refractivity contribution in [1.82, 2.24) is 15.0 Å². The molecule has 3 aromatic rings. The lowest BCUT2D eigenvalue weighted by Gasteiger charge is -2.14. The maximum absolute atomic E-state index is 12.7. The van der Waals surface area contributed by atoms with Crippen LogP contribution in [0.25, 0.3) is 10.6 Å². The second-order valence-corrected chi connectivity index (χ2v) is 6.63. The molecule has 1 amide bonds. The summed E-state index contributed by atoms with van der Waals surface area (Å²) in [5.41, 5.74) is 1.12. The first-order valence-electron chi connectivity index (χ1n) is 7.95. The zero-order valence-electron chi connectivity index (χ0n) is 14.6. The number of benzene rings is 1. The smallest absolute Gasteiger partial charge is 0.261 e. The van der Waals surface area contributed by atoms with Crippen LogP contribution in [0.3, 0.4) is 0 Å². The molecule has 0 aliphatic carbocycles. The second kappa shape index (κ2) is 7.92. The number of ether oxygens (including phenoxy) is 2. The summed E-state index contributed by atoms with van der Waals surface area (Å²) in [4.78, 5) is 26.0. The number of methoxy groups -OCH3 is 1. The van der Waals surface area contributed by atoms with Crippen molar-refractivity contribution >= 4 is 22.4 Å². The zero-order chi connectivity index (χ0) is 18.5. The third-order valence-electron chi connectivity index (χ3n) is 3.34. The molecule has 0 unspecified atom stereocenters. The lowest BCUT2D eigenvalue weighted by Crippen LogP contribution is -2.15. The van der Waals surface area contributed by atoms with Crippen LogP contribution >= 0.6 is 11.3 Å². The summed E-state index contributed by atoms with van der Waals surface area (Å²) in [6.07, 6.45) is 6.45. The van der Waals surface area contributed by atoms with Gasteiger partial charge in [0.25, 0.3) is 5.91 Å².